The van der Waals surface area contributed by atoms with E-state index in [2.05, 4.69) is 103 Å². The minimum atomic E-state index is 1.18. The van der Waals surface area contributed by atoms with E-state index in [9.17, 15) is 0 Å². The predicted molar refractivity (Wildman–Crippen MR) is 123 cm³/mol. The summed E-state index contributed by atoms with van der Waals surface area (Å²) in [6.07, 6.45) is 0. The number of fused-ring (bicyclic) bond motifs is 3. The molecule has 0 saturated heterocycles. The number of benzene rings is 4. The second-order valence-electron chi connectivity index (χ2n) is 6.88. The Morgan fingerprint density at radius 2 is 0.964 bits per heavy atom. The zero-order valence-electron chi connectivity index (χ0n) is 16.7. The van der Waals surface area contributed by atoms with Crippen LogP contribution >= 0.6 is 0 Å². The molecule has 1 N–H and O–H groups in total. The zero-order valence-corrected chi connectivity index (χ0v) is 16.7. The first-order valence-electron chi connectivity index (χ1n) is 9.96. The monoisotopic (exact) mass is 363 g/mol. The Bertz CT molecular complexity index is 1210. The summed E-state index contributed by atoms with van der Waals surface area (Å²) in [5, 5.41) is 2.55. The van der Waals surface area contributed by atoms with Gasteiger partial charge in [0.2, 0.25) is 0 Å². The fourth-order valence-electron chi connectivity index (χ4n) is 3.63. The molecule has 4 aromatic carbocycles. The highest BCUT2D eigenvalue weighted by Crippen LogP contribution is 2.32. The summed E-state index contributed by atoms with van der Waals surface area (Å²) in [6.45, 7) is 6.12. The molecule has 0 saturated carbocycles. The van der Waals surface area contributed by atoms with Crippen LogP contribution in [0.15, 0.2) is 91.0 Å². The molecule has 1 heteroatoms. The van der Waals surface area contributed by atoms with E-state index in [1.54, 1.807) is 0 Å². The molecule has 0 fully saturated rings. The van der Waals surface area contributed by atoms with Crippen molar-refractivity contribution in [1.82, 2.24) is 4.98 Å². The van der Waals surface area contributed by atoms with E-state index in [0.29, 0.717) is 0 Å². The van der Waals surface area contributed by atoms with Gasteiger partial charge in [0.25, 0.3) is 0 Å². The Morgan fingerprint density at radius 3 is 1.50 bits per heavy atom. The second-order valence-corrected chi connectivity index (χ2v) is 6.88. The summed E-state index contributed by atoms with van der Waals surface area (Å²) >= 11 is 0. The maximum Gasteiger partial charge on any atom is 0.0465 e. The van der Waals surface area contributed by atoms with Gasteiger partial charge >= 0.3 is 0 Å². The summed E-state index contributed by atoms with van der Waals surface area (Å²) in [5.74, 6) is 0. The van der Waals surface area contributed by atoms with Gasteiger partial charge < -0.3 is 4.98 Å². The Balaban J connectivity index is 0.000000932. The molecule has 5 aromatic rings. The quantitative estimate of drug-likeness (QED) is 0.327. The van der Waals surface area contributed by atoms with E-state index < -0.39 is 0 Å². The lowest BCUT2D eigenvalue weighted by molar-refractivity contribution is 1.47. The molecule has 0 radical (unpaired) electrons. The van der Waals surface area contributed by atoms with Gasteiger partial charge in [-0.15, -0.1) is 0 Å². The van der Waals surface area contributed by atoms with E-state index in [1.165, 1.54) is 49.6 Å². The number of rotatable bonds is 2. The SMILES string of the molecule is CC.Cc1ccc(-c2ccc3[nH]c4ccc(-c5ccccc5)cc4c3c2)cc1. The van der Waals surface area contributed by atoms with E-state index >= 15 is 0 Å². The van der Waals surface area contributed by atoms with Crippen molar-refractivity contribution in [1.29, 1.82) is 0 Å². The van der Waals surface area contributed by atoms with Gasteiger partial charge in [-0.3, -0.25) is 0 Å². The standard InChI is InChI=1S/C25H19N.C2H6/c1-17-7-9-19(10-8-17)21-12-14-25-23(16-21)22-15-20(11-13-24(22)26-25)18-5-3-2-4-6-18;1-2/h2-16,26H,1H3;1-2H3. The normalized spacial score (nSPS) is 10.7. The van der Waals surface area contributed by atoms with Gasteiger partial charge in [0.05, 0.1) is 0 Å². The number of nitrogens with one attached hydrogen (secondary N) is 1. The van der Waals surface area contributed by atoms with E-state index in [0.717, 1.165) is 0 Å². The summed E-state index contributed by atoms with van der Waals surface area (Å²) < 4.78 is 0. The molecular weight excluding hydrogens is 338 g/mol. The van der Waals surface area contributed by atoms with E-state index in [4.69, 9.17) is 0 Å². The lowest BCUT2D eigenvalue weighted by Crippen LogP contribution is -1.79. The number of aryl methyl sites for hydroxylation is 1. The molecule has 28 heavy (non-hydrogen) atoms. The molecule has 5 rings (SSSR count). The molecule has 0 bridgehead atoms. The molecule has 0 aliphatic carbocycles. The molecule has 1 aromatic heterocycles. The lowest BCUT2D eigenvalue weighted by atomic mass is 10.00. The minimum Gasteiger partial charge on any atom is -0.355 e. The van der Waals surface area contributed by atoms with Crippen molar-refractivity contribution < 1.29 is 0 Å². The molecule has 1 nitrogen and oxygen atoms in total. The van der Waals surface area contributed by atoms with Crippen LogP contribution in [0.4, 0.5) is 0 Å². The summed E-state index contributed by atoms with van der Waals surface area (Å²) in [4.78, 5) is 3.54. The fourth-order valence-corrected chi connectivity index (χ4v) is 3.63. The highest BCUT2D eigenvalue weighted by Gasteiger charge is 2.08. The topological polar surface area (TPSA) is 15.8 Å². The predicted octanol–water partition coefficient (Wildman–Crippen LogP) is 7.99. The van der Waals surface area contributed by atoms with Crippen molar-refractivity contribution in [2.45, 2.75) is 20.8 Å². The average molecular weight is 364 g/mol. The molecule has 0 aliphatic heterocycles. The first-order valence-corrected chi connectivity index (χ1v) is 9.96. The highest BCUT2D eigenvalue weighted by molar-refractivity contribution is 6.09. The Morgan fingerprint density at radius 1 is 0.500 bits per heavy atom. The zero-order chi connectivity index (χ0) is 19.5. The Labute approximate surface area is 166 Å². The maximum absolute atomic E-state index is 3.54. The lowest BCUT2D eigenvalue weighted by Gasteiger charge is -2.04. The molecule has 1 heterocycles. The number of aromatic amines is 1. The molecule has 0 atom stereocenters. The smallest absolute Gasteiger partial charge is 0.0465 e. The van der Waals surface area contributed by atoms with Crippen LogP contribution in [-0.4, -0.2) is 4.98 Å². The molecular formula is C27H25N. The maximum atomic E-state index is 3.54. The van der Waals surface area contributed by atoms with Crippen LogP contribution in [-0.2, 0) is 0 Å². The Hall–Kier alpha value is -3.32. The Kier molecular flexibility index (Phi) is 4.99. The van der Waals surface area contributed by atoms with Crippen LogP contribution in [0.25, 0.3) is 44.1 Å². The van der Waals surface area contributed by atoms with Crippen LogP contribution in [0.2, 0.25) is 0 Å². The van der Waals surface area contributed by atoms with Gasteiger partial charge in [0, 0.05) is 21.8 Å². The molecule has 0 amide bonds. The first-order chi connectivity index (χ1) is 13.8. The van der Waals surface area contributed by atoms with Crippen LogP contribution in [0.5, 0.6) is 0 Å². The number of hydrogen-bond donors (Lipinski definition) is 1. The van der Waals surface area contributed by atoms with E-state index in [1.807, 2.05) is 13.8 Å². The fraction of sp³-hybridized carbons (Fsp3) is 0.111. The van der Waals surface area contributed by atoms with Crippen molar-refractivity contribution in [2.75, 3.05) is 0 Å². The van der Waals surface area contributed by atoms with Crippen LogP contribution < -0.4 is 0 Å². The third-order valence-corrected chi connectivity index (χ3v) is 5.09. The number of hydrogen-bond acceptors (Lipinski definition) is 0. The van der Waals surface area contributed by atoms with Gasteiger partial charge in [0.1, 0.15) is 0 Å². The summed E-state index contributed by atoms with van der Waals surface area (Å²) in [7, 11) is 0. The third kappa shape index (κ3) is 3.32. The van der Waals surface area contributed by atoms with Crippen LogP contribution in [0.1, 0.15) is 19.4 Å². The van der Waals surface area contributed by atoms with Gasteiger partial charge in [0.15, 0.2) is 0 Å². The van der Waals surface area contributed by atoms with Crippen molar-refractivity contribution in [3.8, 4) is 22.3 Å². The van der Waals surface area contributed by atoms with Crippen molar-refractivity contribution in [3.05, 3.63) is 96.6 Å². The van der Waals surface area contributed by atoms with Gasteiger partial charge in [-0.1, -0.05) is 86.1 Å². The largest absolute Gasteiger partial charge is 0.355 e. The molecule has 0 aliphatic rings. The molecule has 138 valence electrons. The first kappa shape index (κ1) is 18.1. The summed E-state index contributed by atoms with van der Waals surface area (Å²) in [6, 6.07) is 32.6. The van der Waals surface area contributed by atoms with Crippen molar-refractivity contribution in [2.24, 2.45) is 0 Å². The van der Waals surface area contributed by atoms with Crippen molar-refractivity contribution >= 4 is 21.8 Å². The molecule has 0 unspecified atom stereocenters. The minimum absolute atomic E-state index is 1.18. The van der Waals surface area contributed by atoms with Gasteiger partial charge in [-0.2, -0.15) is 0 Å². The number of H-pyrrole nitrogens is 1. The van der Waals surface area contributed by atoms with E-state index in [-0.39, 0.29) is 0 Å². The second kappa shape index (κ2) is 7.74. The van der Waals surface area contributed by atoms with Crippen LogP contribution in [0.3, 0.4) is 0 Å². The third-order valence-electron chi connectivity index (χ3n) is 5.09. The average Bonchev–Trinajstić information content (AvgIpc) is 3.13. The van der Waals surface area contributed by atoms with Gasteiger partial charge in [-0.05, 0) is 53.4 Å². The van der Waals surface area contributed by atoms with Crippen LogP contribution in [0, 0.1) is 6.92 Å². The van der Waals surface area contributed by atoms with Gasteiger partial charge in [-0.25, -0.2) is 0 Å². The van der Waals surface area contributed by atoms with Crippen molar-refractivity contribution in [3.63, 3.8) is 0 Å². The highest BCUT2D eigenvalue weighted by atomic mass is 14.7. The number of aromatic nitrogens is 1. The summed E-state index contributed by atoms with van der Waals surface area (Å²) in [5.41, 5.74) is 8.66. The molecule has 0 spiro atoms.